The van der Waals surface area contributed by atoms with Gasteiger partial charge in [-0.3, -0.25) is 24.1 Å². The number of aromatic carboxylic acids is 1. The molecule has 47 heavy (non-hydrogen) atoms. The monoisotopic (exact) mass is 658 g/mol. The summed E-state index contributed by atoms with van der Waals surface area (Å²) in [6, 6.07) is 9.03. The Labute approximate surface area is 277 Å². The van der Waals surface area contributed by atoms with Crippen LogP contribution in [0.4, 0.5) is 5.69 Å². The number of carboxylic acid groups (broad SMARTS) is 1. The molecule has 246 valence electrons. The van der Waals surface area contributed by atoms with E-state index in [9.17, 15) is 34.2 Å². The maximum Gasteiger partial charge on any atom is 0.336 e. The number of imide groups is 1. The lowest BCUT2D eigenvalue weighted by Gasteiger charge is -2.16. The van der Waals surface area contributed by atoms with Crippen molar-refractivity contribution in [3.63, 3.8) is 0 Å². The van der Waals surface area contributed by atoms with Crippen molar-refractivity contribution in [3.05, 3.63) is 75.0 Å². The summed E-state index contributed by atoms with van der Waals surface area (Å²) in [6.07, 6.45) is 13.5. The number of carbonyl (C=O) groups is 4. The van der Waals surface area contributed by atoms with Crippen molar-refractivity contribution in [1.29, 1.82) is 0 Å². The molecule has 2 atom stereocenters. The molecule has 4 aliphatic rings. The van der Waals surface area contributed by atoms with E-state index in [4.69, 9.17) is 4.42 Å². The smallest absolute Gasteiger partial charge is 0.336 e. The predicted octanol–water partition coefficient (Wildman–Crippen LogP) is 4.11. The normalized spacial score (nSPS) is 17.3. The van der Waals surface area contributed by atoms with Crippen molar-refractivity contribution < 1.29 is 33.8 Å². The maximum atomic E-state index is 12.7. The van der Waals surface area contributed by atoms with Gasteiger partial charge in [0.25, 0.3) is 0 Å². The number of carbonyl (C=O) groups excluding carboxylic acids is 3. The maximum absolute atomic E-state index is 12.7. The van der Waals surface area contributed by atoms with Crippen LogP contribution in [0.25, 0.3) is 34.6 Å². The van der Waals surface area contributed by atoms with E-state index in [0.29, 0.717) is 52.4 Å². The first kappa shape index (κ1) is 33.9. The molecule has 2 aliphatic carbocycles. The number of unbranched alkanes of at least 4 members (excludes halogenated alkanes) is 7. The second-order valence-electron chi connectivity index (χ2n) is 11.9. The number of thiol groups is 1. The number of hydrogen-bond acceptors (Lipinski definition) is 8. The summed E-state index contributed by atoms with van der Waals surface area (Å²) < 4.78 is 5.95. The standard InChI is InChI=1S/C36H38N2O8S/c39-23-10-9-11-26-29(19-23)46-30-20-24(40)14-16-27(30)34(26)25-15-13-22(18-28(25)36(44)45)37-32(41)12-7-5-3-1-2-4-6-8-17-38-33(42)21-31(47)35(38)43/h9-11,13-16,18-20,23,31,39,47H,1-8,12,17,21H2,(H,37,41)(H,44,45). The van der Waals surface area contributed by atoms with Crippen molar-refractivity contribution in [3.8, 4) is 22.5 Å². The minimum Gasteiger partial charge on any atom is -0.478 e. The van der Waals surface area contributed by atoms with Crippen LogP contribution in [-0.2, 0) is 14.4 Å². The lowest BCUT2D eigenvalue weighted by atomic mass is 9.91. The lowest BCUT2D eigenvalue weighted by molar-refractivity contribution is -0.138. The van der Waals surface area contributed by atoms with Crippen molar-refractivity contribution in [2.45, 2.75) is 75.6 Å². The molecule has 2 heterocycles. The molecule has 3 N–H and O–H groups in total. The number of aliphatic hydroxyl groups is 1. The number of hydrogen-bond donors (Lipinski definition) is 4. The molecule has 0 aromatic heterocycles. The summed E-state index contributed by atoms with van der Waals surface area (Å²) in [7, 11) is 0. The fourth-order valence-corrected chi connectivity index (χ4v) is 6.34. The SMILES string of the molecule is O=C(CCCCCCCCCCN1C(=O)CC(S)C1=O)Nc1ccc(-c2c3ccc(=O)cc-3oc3c2=CC=CC(O)C=3)c(C(=O)O)c1. The molecule has 2 unspecified atom stereocenters. The third-order valence-electron chi connectivity index (χ3n) is 8.43. The average Bonchev–Trinajstić information content (AvgIpc) is 3.15. The van der Waals surface area contributed by atoms with E-state index < -0.39 is 17.3 Å². The quantitative estimate of drug-likeness (QED) is 0.115. The van der Waals surface area contributed by atoms with Crippen molar-refractivity contribution in [2.24, 2.45) is 0 Å². The third kappa shape index (κ3) is 8.28. The Morgan fingerprint density at radius 2 is 1.64 bits per heavy atom. The number of aliphatic hydroxyl groups excluding tert-OH is 1. The molecule has 0 bridgehead atoms. The van der Waals surface area contributed by atoms with Gasteiger partial charge in [-0.15, -0.1) is 0 Å². The first-order valence-electron chi connectivity index (χ1n) is 16.0. The van der Waals surface area contributed by atoms with Gasteiger partial charge in [0.15, 0.2) is 5.43 Å². The number of fused-ring (bicyclic) bond motifs is 2. The molecular formula is C36H38N2O8S. The van der Waals surface area contributed by atoms with Crippen LogP contribution in [0.1, 0.15) is 74.6 Å². The van der Waals surface area contributed by atoms with E-state index >= 15 is 0 Å². The summed E-state index contributed by atoms with van der Waals surface area (Å²) in [5.74, 6) is -1.45. The zero-order valence-corrected chi connectivity index (χ0v) is 26.8. The van der Waals surface area contributed by atoms with Crippen molar-refractivity contribution in [1.82, 2.24) is 4.90 Å². The molecular weight excluding hydrogens is 620 g/mol. The van der Waals surface area contributed by atoms with Crippen LogP contribution in [0.3, 0.4) is 0 Å². The van der Waals surface area contributed by atoms with E-state index in [1.54, 1.807) is 36.4 Å². The largest absolute Gasteiger partial charge is 0.478 e. The van der Waals surface area contributed by atoms with Crippen LogP contribution in [0.2, 0.25) is 0 Å². The molecule has 1 aromatic carbocycles. The van der Waals surface area contributed by atoms with Crippen LogP contribution >= 0.6 is 12.6 Å². The zero-order valence-electron chi connectivity index (χ0n) is 25.9. The Morgan fingerprint density at radius 1 is 0.936 bits per heavy atom. The van der Waals surface area contributed by atoms with E-state index in [1.807, 2.05) is 0 Å². The summed E-state index contributed by atoms with van der Waals surface area (Å²) in [6.45, 7) is 0.463. The van der Waals surface area contributed by atoms with Gasteiger partial charge in [0.1, 0.15) is 11.2 Å². The Morgan fingerprint density at radius 3 is 2.34 bits per heavy atom. The molecule has 1 saturated heterocycles. The molecule has 1 fully saturated rings. The predicted molar refractivity (Wildman–Crippen MR) is 182 cm³/mol. The van der Waals surface area contributed by atoms with Gasteiger partial charge in [-0.1, -0.05) is 62.8 Å². The lowest BCUT2D eigenvalue weighted by Crippen LogP contribution is -2.31. The van der Waals surface area contributed by atoms with Gasteiger partial charge in [0, 0.05) is 47.5 Å². The average molecular weight is 659 g/mol. The zero-order chi connectivity index (χ0) is 33.5. The van der Waals surface area contributed by atoms with Gasteiger partial charge in [-0.25, -0.2) is 4.79 Å². The Bertz CT molecular complexity index is 1860. The number of nitrogens with one attached hydrogen (secondary N) is 1. The van der Waals surface area contributed by atoms with Gasteiger partial charge in [-0.2, -0.15) is 12.6 Å². The van der Waals surface area contributed by atoms with E-state index in [2.05, 4.69) is 17.9 Å². The van der Waals surface area contributed by atoms with Crippen molar-refractivity contribution >= 4 is 54.2 Å². The van der Waals surface area contributed by atoms with Gasteiger partial charge >= 0.3 is 5.97 Å². The fraction of sp³-hybridized carbons (Fsp3) is 0.361. The Kier molecular flexibility index (Phi) is 11.1. The molecule has 5 rings (SSSR count). The third-order valence-corrected chi connectivity index (χ3v) is 8.83. The van der Waals surface area contributed by atoms with Gasteiger partial charge in [0.05, 0.1) is 16.9 Å². The molecule has 0 saturated carbocycles. The topological polar surface area (TPSA) is 154 Å². The summed E-state index contributed by atoms with van der Waals surface area (Å²) in [5.41, 5.74) is 1.83. The molecule has 2 aliphatic heterocycles. The second-order valence-corrected chi connectivity index (χ2v) is 12.5. The Balaban J connectivity index is 1.15. The van der Waals surface area contributed by atoms with Crippen LogP contribution in [0, 0.1) is 0 Å². The van der Waals surface area contributed by atoms with Gasteiger partial charge in [-0.05, 0) is 48.7 Å². The first-order valence-corrected chi connectivity index (χ1v) is 16.5. The number of anilines is 1. The number of amides is 3. The number of benzene rings is 2. The highest BCUT2D eigenvalue weighted by molar-refractivity contribution is 7.81. The molecule has 0 spiro atoms. The molecule has 3 amide bonds. The number of likely N-dealkylation sites (tertiary alicyclic amines) is 1. The van der Waals surface area contributed by atoms with Crippen LogP contribution in [0.5, 0.6) is 0 Å². The number of nitrogens with zero attached hydrogens (tertiary/aromatic N) is 1. The van der Waals surface area contributed by atoms with E-state index in [-0.39, 0.29) is 40.9 Å². The molecule has 11 heteroatoms. The van der Waals surface area contributed by atoms with Gasteiger partial charge < -0.3 is 19.9 Å². The minimum absolute atomic E-state index is 0.0320. The number of carboxylic acids is 1. The highest BCUT2D eigenvalue weighted by Crippen LogP contribution is 2.33. The highest BCUT2D eigenvalue weighted by Gasteiger charge is 2.35. The van der Waals surface area contributed by atoms with Crippen molar-refractivity contribution in [2.75, 3.05) is 11.9 Å². The first-order chi connectivity index (χ1) is 22.6. The summed E-state index contributed by atoms with van der Waals surface area (Å²) in [4.78, 5) is 62.3. The second kappa shape index (κ2) is 15.4. The summed E-state index contributed by atoms with van der Waals surface area (Å²) in [5, 5.41) is 23.3. The van der Waals surface area contributed by atoms with E-state index in [1.165, 1.54) is 29.2 Å². The number of rotatable bonds is 14. The molecule has 1 aromatic rings. The van der Waals surface area contributed by atoms with Crippen LogP contribution in [0.15, 0.2) is 57.8 Å². The van der Waals surface area contributed by atoms with Crippen LogP contribution < -0.4 is 21.4 Å². The minimum atomic E-state index is -1.18. The number of allylic oxidation sites excluding steroid dienone is 1. The van der Waals surface area contributed by atoms with E-state index in [0.717, 1.165) is 44.9 Å². The summed E-state index contributed by atoms with van der Waals surface area (Å²) >= 11 is 4.14. The van der Waals surface area contributed by atoms with Gasteiger partial charge in [0.2, 0.25) is 17.7 Å². The molecule has 10 nitrogen and oxygen atoms in total. The fourth-order valence-electron chi connectivity index (χ4n) is 6.05. The Hall–Kier alpha value is -4.48. The highest BCUT2D eigenvalue weighted by atomic mass is 32.1. The molecule has 0 radical (unpaired) electrons. The van der Waals surface area contributed by atoms with Crippen LogP contribution in [-0.4, -0.2) is 56.7 Å².